The molecule has 108 valence electrons. The quantitative estimate of drug-likeness (QED) is 0.583. The minimum absolute atomic E-state index is 0.482. The summed E-state index contributed by atoms with van der Waals surface area (Å²) in [4.78, 5) is 11.4. The summed E-state index contributed by atoms with van der Waals surface area (Å²) in [6.07, 6.45) is 5.56. The van der Waals surface area contributed by atoms with Crippen LogP contribution in [0, 0.1) is 5.92 Å². The third-order valence-corrected chi connectivity index (χ3v) is 3.95. The molecule has 2 aliphatic rings. The Labute approximate surface area is 113 Å². The molecule has 2 fully saturated rings. The highest BCUT2D eigenvalue weighted by atomic mass is 16.6. The molecule has 5 nitrogen and oxygen atoms in total. The molecule has 4 atom stereocenters. The number of carbonyl (C=O) groups is 1. The zero-order valence-corrected chi connectivity index (χ0v) is 11.2. The molecule has 1 saturated heterocycles. The van der Waals surface area contributed by atoms with Gasteiger partial charge in [0.25, 0.3) is 0 Å². The molecule has 0 spiro atoms. The molecule has 1 heterocycles. The van der Waals surface area contributed by atoms with E-state index in [4.69, 9.17) is 9.47 Å². The van der Waals surface area contributed by atoms with Crippen molar-refractivity contribution in [3.8, 4) is 0 Å². The Morgan fingerprint density at radius 2 is 2.05 bits per heavy atom. The van der Waals surface area contributed by atoms with Gasteiger partial charge in [-0.05, 0) is 18.8 Å². The summed E-state index contributed by atoms with van der Waals surface area (Å²) < 4.78 is 9.81. The second-order valence-electron chi connectivity index (χ2n) is 5.32. The van der Waals surface area contributed by atoms with Gasteiger partial charge in [0, 0.05) is 7.11 Å². The molecule has 0 aromatic heterocycles. The maximum Gasteiger partial charge on any atom is 0.338 e. The van der Waals surface area contributed by atoms with Gasteiger partial charge in [0.1, 0.15) is 12.2 Å². The number of carbonyl (C=O) groups excluding carboxylic acids is 1. The van der Waals surface area contributed by atoms with E-state index in [2.05, 4.69) is 0 Å². The molecule has 1 aliphatic carbocycles. The van der Waals surface area contributed by atoms with Gasteiger partial charge < -0.3 is 19.7 Å². The second-order valence-corrected chi connectivity index (χ2v) is 5.32. The van der Waals surface area contributed by atoms with Crippen LogP contribution < -0.4 is 0 Å². The fourth-order valence-corrected chi connectivity index (χ4v) is 2.80. The number of hydrogen-bond acceptors (Lipinski definition) is 5. The molecule has 2 rings (SSSR count). The van der Waals surface area contributed by atoms with Crippen molar-refractivity contribution < 1.29 is 24.5 Å². The summed E-state index contributed by atoms with van der Waals surface area (Å²) in [7, 11) is 1.34. The molecule has 2 N–H and O–H groups in total. The van der Waals surface area contributed by atoms with E-state index in [9.17, 15) is 15.0 Å². The molecule has 0 aromatic rings. The number of hydrogen-bond donors (Lipinski definition) is 2. The highest BCUT2D eigenvalue weighted by Crippen LogP contribution is 2.26. The molecule has 19 heavy (non-hydrogen) atoms. The van der Waals surface area contributed by atoms with Gasteiger partial charge in [0.05, 0.1) is 0 Å². The van der Waals surface area contributed by atoms with Gasteiger partial charge in [-0.15, -0.1) is 0 Å². The molecule has 5 heteroatoms. The van der Waals surface area contributed by atoms with Crippen molar-refractivity contribution in [2.24, 2.45) is 5.92 Å². The van der Waals surface area contributed by atoms with Gasteiger partial charge in [-0.1, -0.05) is 31.4 Å². The second kappa shape index (κ2) is 6.50. The first-order chi connectivity index (χ1) is 9.13. The normalized spacial score (nSPS) is 34.7. The molecule has 1 aliphatic heterocycles. The van der Waals surface area contributed by atoms with E-state index in [-0.39, 0.29) is 0 Å². The maximum atomic E-state index is 11.4. The number of allylic oxidation sites excluding steroid dienone is 1. The molecule has 1 saturated carbocycles. The first-order valence-corrected chi connectivity index (χ1v) is 6.91. The number of cyclic esters (lactones) is 1. The Morgan fingerprint density at radius 1 is 1.37 bits per heavy atom. The summed E-state index contributed by atoms with van der Waals surface area (Å²) in [6.45, 7) is 0. The van der Waals surface area contributed by atoms with Crippen LogP contribution in [0.4, 0.5) is 0 Å². The average Bonchev–Trinajstić information content (AvgIpc) is 2.72. The number of aliphatic hydroxyl groups excluding tert-OH is 2. The van der Waals surface area contributed by atoms with E-state index in [1.807, 2.05) is 6.08 Å². The molecule has 0 aromatic carbocycles. The molecule has 0 bridgehead atoms. The fourth-order valence-electron chi connectivity index (χ4n) is 2.80. The summed E-state index contributed by atoms with van der Waals surface area (Å²) in [6, 6.07) is 0. The standard InChI is InChI=1S/C14H22O5/c1-18-13-11(16)12(19-14(13)17)10(15)8-7-9-5-3-2-4-6-9/h7-13,15-16H,2-6H2,1H3/t10-,11?,12?,13-/m1/s1. The van der Waals surface area contributed by atoms with Gasteiger partial charge in [-0.3, -0.25) is 0 Å². The lowest BCUT2D eigenvalue weighted by Gasteiger charge is -2.20. The van der Waals surface area contributed by atoms with E-state index in [1.165, 1.54) is 26.4 Å². The van der Waals surface area contributed by atoms with Crippen molar-refractivity contribution in [2.75, 3.05) is 7.11 Å². The van der Waals surface area contributed by atoms with Crippen LogP contribution >= 0.6 is 0 Å². The van der Waals surface area contributed by atoms with E-state index >= 15 is 0 Å². The lowest BCUT2D eigenvalue weighted by Crippen LogP contribution is -2.38. The summed E-state index contributed by atoms with van der Waals surface area (Å²) in [5.74, 6) is -0.138. The number of aliphatic hydroxyl groups is 2. The number of rotatable bonds is 4. The average molecular weight is 270 g/mol. The zero-order valence-electron chi connectivity index (χ0n) is 11.2. The van der Waals surface area contributed by atoms with Crippen LogP contribution in [0.2, 0.25) is 0 Å². The SMILES string of the molecule is CO[C@H]1C(=O)OC([C@H](O)C=CC2CCCCC2)C1O. The lowest BCUT2D eigenvalue weighted by molar-refractivity contribution is -0.150. The van der Waals surface area contributed by atoms with Crippen molar-refractivity contribution in [2.45, 2.75) is 56.5 Å². The van der Waals surface area contributed by atoms with E-state index in [1.54, 1.807) is 6.08 Å². The van der Waals surface area contributed by atoms with Crippen LogP contribution in [-0.4, -0.2) is 47.7 Å². The Kier molecular flexibility index (Phi) is 4.96. The third kappa shape index (κ3) is 3.35. The lowest BCUT2D eigenvalue weighted by atomic mass is 9.88. The molecule has 0 amide bonds. The van der Waals surface area contributed by atoms with Crippen LogP contribution in [0.1, 0.15) is 32.1 Å². The number of methoxy groups -OCH3 is 1. The molecule has 0 radical (unpaired) electrons. The monoisotopic (exact) mass is 270 g/mol. The van der Waals surface area contributed by atoms with E-state index < -0.39 is 30.4 Å². The summed E-state index contributed by atoms with van der Waals surface area (Å²) in [5.41, 5.74) is 0. The first-order valence-electron chi connectivity index (χ1n) is 6.91. The predicted octanol–water partition coefficient (Wildman–Crippen LogP) is 0.785. The third-order valence-electron chi connectivity index (χ3n) is 3.95. The van der Waals surface area contributed by atoms with Crippen molar-refractivity contribution >= 4 is 5.97 Å². The smallest absolute Gasteiger partial charge is 0.338 e. The van der Waals surface area contributed by atoms with Gasteiger partial charge in [0.15, 0.2) is 12.2 Å². The van der Waals surface area contributed by atoms with Gasteiger partial charge in [0.2, 0.25) is 0 Å². The minimum atomic E-state index is -1.12. The van der Waals surface area contributed by atoms with Crippen molar-refractivity contribution in [3.05, 3.63) is 12.2 Å². The molecular weight excluding hydrogens is 248 g/mol. The largest absolute Gasteiger partial charge is 0.454 e. The predicted molar refractivity (Wildman–Crippen MR) is 68.4 cm³/mol. The Balaban J connectivity index is 1.90. The number of esters is 1. The Bertz CT molecular complexity index is 335. The minimum Gasteiger partial charge on any atom is -0.454 e. The van der Waals surface area contributed by atoms with Crippen LogP contribution in [0.3, 0.4) is 0 Å². The van der Waals surface area contributed by atoms with Gasteiger partial charge in [-0.25, -0.2) is 4.79 Å². The molecule has 2 unspecified atom stereocenters. The topological polar surface area (TPSA) is 76.0 Å². The summed E-state index contributed by atoms with van der Waals surface area (Å²) in [5, 5.41) is 19.9. The number of ether oxygens (including phenoxy) is 2. The molecular formula is C14H22O5. The van der Waals surface area contributed by atoms with Crippen LogP contribution in [0.5, 0.6) is 0 Å². The van der Waals surface area contributed by atoms with Crippen molar-refractivity contribution in [3.63, 3.8) is 0 Å². The maximum absolute atomic E-state index is 11.4. The Morgan fingerprint density at radius 3 is 2.63 bits per heavy atom. The van der Waals surface area contributed by atoms with E-state index in [0.717, 1.165) is 12.8 Å². The van der Waals surface area contributed by atoms with Crippen LogP contribution in [0.25, 0.3) is 0 Å². The fraction of sp³-hybridized carbons (Fsp3) is 0.786. The van der Waals surface area contributed by atoms with Crippen molar-refractivity contribution in [1.29, 1.82) is 0 Å². The Hall–Kier alpha value is -0.910. The van der Waals surface area contributed by atoms with Crippen LogP contribution in [-0.2, 0) is 14.3 Å². The zero-order chi connectivity index (χ0) is 13.8. The summed E-state index contributed by atoms with van der Waals surface area (Å²) >= 11 is 0. The van der Waals surface area contributed by atoms with Crippen LogP contribution in [0.15, 0.2) is 12.2 Å². The highest BCUT2D eigenvalue weighted by Gasteiger charge is 2.46. The van der Waals surface area contributed by atoms with Gasteiger partial charge in [-0.2, -0.15) is 0 Å². The van der Waals surface area contributed by atoms with Crippen molar-refractivity contribution in [1.82, 2.24) is 0 Å². The highest BCUT2D eigenvalue weighted by molar-refractivity contribution is 5.78. The van der Waals surface area contributed by atoms with E-state index in [0.29, 0.717) is 5.92 Å². The first kappa shape index (κ1) is 14.5. The van der Waals surface area contributed by atoms with Gasteiger partial charge >= 0.3 is 5.97 Å².